The van der Waals surface area contributed by atoms with E-state index in [4.69, 9.17) is 0 Å². The average molecular weight is 197 g/mol. The molecule has 0 radical (unpaired) electrons. The molecule has 0 aromatic rings. The summed E-state index contributed by atoms with van der Waals surface area (Å²) in [6, 6.07) is 0. The molecule has 0 N–H and O–H groups in total. The number of Topliss-reactive ketones (excluding diaryl/α,β-unsaturated/α-hetero) is 1. The maximum absolute atomic E-state index is 11.7. The van der Waals surface area contributed by atoms with Crippen molar-refractivity contribution < 1.29 is 9.59 Å². The first-order chi connectivity index (χ1) is 6.52. The van der Waals surface area contributed by atoms with Gasteiger partial charge < -0.3 is 4.90 Å². The fourth-order valence-electron chi connectivity index (χ4n) is 1.97. The summed E-state index contributed by atoms with van der Waals surface area (Å²) < 4.78 is 0. The highest BCUT2D eigenvalue weighted by Gasteiger charge is 2.27. The molecule has 3 heteroatoms. The van der Waals surface area contributed by atoms with Gasteiger partial charge in [-0.15, -0.1) is 0 Å². The molecule has 1 amide bonds. The van der Waals surface area contributed by atoms with Crippen LogP contribution >= 0.6 is 0 Å². The van der Waals surface area contributed by atoms with Gasteiger partial charge in [0, 0.05) is 31.8 Å². The number of likely N-dealkylation sites (tertiary alicyclic amines) is 1. The van der Waals surface area contributed by atoms with E-state index in [9.17, 15) is 9.59 Å². The highest BCUT2D eigenvalue weighted by atomic mass is 16.2. The number of hydrogen-bond donors (Lipinski definition) is 0. The summed E-state index contributed by atoms with van der Waals surface area (Å²) in [4.78, 5) is 24.7. The van der Waals surface area contributed by atoms with Crippen LogP contribution in [0.2, 0.25) is 0 Å². The van der Waals surface area contributed by atoms with E-state index in [0.717, 1.165) is 19.4 Å². The molecule has 0 saturated carbocycles. The first kappa shape index (κ1) is 11.2. The lowest BCUT2D eigenvalue weighted by Crippen LogP contribution is -2.42. The van der Waals surface area contributed by atoms with Crippen molar-refractivity contribution in [2.75, 3.05) is 13.1 Å². The number of carbonyl (C=O) groups is 2. The van der Waals surface area contributed by atoms with E-state index in [1.165, 1.54) is 0 Å². The van der Waals surface area contributed by atoms with Gasteiger partial charge in [-0.25, -0.2) is 0 Å². The van der Waals surface area contributed by atoms with Crippen LogP contribution in [-0.4, -0.2) is 29.7 Å². The summed E-state index contributed by atoms with van der Waals surface area (Å²) in [7, 11) is 0. The minimum absolute atomic E-state index is 0.0765. The quantitative estimate of drug-likeness (QED) is 0.672. The van der Waals surface area contributed by atoms with Crippen molar-refractivity contribution in [2.45, 2.75) is 33.6 Å². The van der Waals surface area contributed by atoms with E-state index in [1.54, 1.807) is 11.8 Å². The van der Waals surface area contributed by atoms with Crippen molar-refractivity contribution >= 4 is 11.7 Å². The minimum atomic E-state index is 0.0765. The Balaban J connectivity index is 2.56. The summed E-state index contributed by atoms with van der Waals surface area (Å²) in [6.45, 7) is 6.87. The van der Waals surface area contributed by atoms with Crippen LogP contribution < -0.4 is 0 Å². The predicted octanol–water partition coefficient (Wildman–Crippen LogP) is 1.47. The molecule has 3 nitrogen and oxygen atoms in total. The second-order valence-corrected chi connectivity index (χ2v) is 4.36. The summed E-state index contributed by atoms with van der Waals surface area (Å²) in [5, 5.41) is 0. The molecule has 1 rings (SSSR count). The van der Waals surface area contributed by atoms with Gasteiger partial charge in [0.25, 0.3) is 0 Å². The third kappa shape index (κ3) is 2.56. The molecule has 0 unspecified atom stereocenters. The Hall–Kier alpha value is -0.860. The number of piperidine rings is 1. The van der Waals surface area contributed by atoms with Crippen molar-refractivity contribution in [1.29, 1.82) is 0 Å². The zero-order valence-corrected chi connectivity index (χ0v) is 9.25. The molecule has 1 aliphatic rings. The number of amides is 1. The molecule has 14 heavy (non-hydrogen) atoms. The van der Waals surface area contributed by atoms with Gasteiger partial charge >= 0.3 is 0 Å². The number of ketones is 1. The Morgan fingerprint density at radius 1 is 1.36 bits per heavy atom. The van der Waals surface area contributed by atoms with Crippen LogP contribution in [0, 0.1) is 11.8 Å². The molecule has 0 aromatic heterocycles. The Labute approximate surface area is 85.5 Å². The molecule has 0 spiro atoms. The molecule has 0 aromatic carbocycles. The highest BCUT2D eigenvalue weighted by molar-refractivity contribution is 5.84. The van der Waals surface area contributed by atoms with Gasteiger partial charge in [0.2, 0.25) is 5.91 Å². The Kier molecular flexibility index (Phi) is 3.67. The van der Waals surface area contributed by atoms with Gasteiger partial charge in [0.05, 0.1) is 0 Å². The van der Waals surface area contributed by atoms with Gasteiger partial charge in [-0.3, -0.25) is 9.59 Å². The van der Waals surface area contributed by atoms with E-state index in [1.807, 2.05) is 13.8 Å². The van der Waals surface area contributed by atoms with Crippen molar-refractivity contribution in [3.05, 3.63) is 0 Å². The van der Waals surface area contributed by atoms with E-state index < -0.39 is 0 Å². The van der Waals surface area contributed by atoms with Crippen molar-refractivity contribution in [2.24, 2.45) is 11.8 Å². The maximum Gasteiger partial charge on any atom is 0.219 e. The van der Waals surface area contributed by atoms with Crippen LogP contribution in [0.15, 0.2) is 0 Å². The van der Waals surface area contributed by atoms with Crippen LogP contribution in [0.3, 0.4) is 0 Å². The number of rotatable bonds is 2. The smallest absolute Gasteiger partial charge is 0.219 e. The monoisotopic (exact) mass is 197 g/mol. The number of carbonyl (C=O) groups excluding carboxylic acids is 2. The Bertz CT molecular complexity index is 235. The lowest BCUT2D eigenvalue weighted by molar-refractivity contribution is -0.134. The van der Waals surface area contributed by atoms with E-state index in [-0.39, 0.29) is 17.7 Å². The molecule has 1 atom stereocenters. The third-order valence-corrected chi connectivity index (χ3v) is 2.84. The highest BCUT2D eigenvalue weighted by Crippen LogP contribution is 2.20. The van der Waals surface area contributed by atoms with Gasteiger partial charge in [-0.1, -0.05) is 13.8 Å². The normalized spacial score (nSPS) is 22.6. The van der Waals surface area contributed by atoms with Gasteiger partial charge in [-0.2, -0.15) is 0 Å². The molecule has 0 aliphatic carbocycles. The second-order valence-electron chi connectivity index (χ2n) is 4.36. The lowest BCUT2D eigenvalue weighted by atomic mass is 9.88. The van der Waals surface area contributed by atoms with Crippen molar-refractivity contribution in [3.8, 4) is 0 Å². The van der Waals surface area contributed by atoms with Gasteiger partial charge in [0.1, 0.15) is 5.78 Å². The molecule has 0 bridgehead atoms. The molecule has 1 fully saturated rings. The van der Waals surface area contributed by atoms with Crippen LogP contribution in [0.4, 0.5) is 0 Å². The molecule has 1 heterocycles. The van der Waals surface area contributed by atoms with Crippen molar-refractivity contribution in [1.82, 2.24) is 4.90 Å². The Morgan fingerprint density at radius 2 is 2.00 bits per heavy atom. The number of nitrogens with zero attached hydrogens (tertiary/aromatic N) is 1. The molecule has 1 aliphatic heterocycles. The standard InChI is InChI=1S/C11H19NO2/c1-8(2)11(14)10-5-4-6-12(7-10)9(3)13/h8,10H,4-7H2,1-3H3/t10-/m1/s1. The van der Waals surface area contributed by atoms with Crippen LogP contribution in [0.1, 0.15) is 33.6 Å². The largest absolute Gasteiger partial charge is 0.342 e. The Morgan fingerprint density at radius 3 is 2.50 bits per heavy atom. The second kappa shape index (κ2) is 4.58. The van der Waals surface area contributed by atoms with Crippen LogP contribution in [-0.2, 0) is 9.59 Å². The zero-order chi connectivity index (χ0) is 10.7. The lowest BCUT2D eigenvalue weighted by Gasteiger charge is -2.31. The zero-order valence-electron chi connectivity index (χ0n) is 9.25. The molecule has 1 saturated heterocycles. The first-order valence-electron chi connectivity index (χ1n) is 5.31. The van der Waals surface area contributed by atoms with E-state index >= 15 is 0 Å². The summed E-state index contributed by atoms with van der Waals surface area (Å²) >= 11 is 0. The first-order valence-corrected chi connectivity index (χ1v) is 5.31. The maximum atomic E-state index is 11.7. The topological polar surface area (TPSA) is 37.4 Å². The average Bonchev–Trinajstić information content (AvgIpc) is 2.16. The van der Waals surface area contributed by atoms with Gasteiger partial charge in [0.15, 0.2) is 0 Å². The summed E-state index contributed by atoms with van der Waals surface area (Å²) in [6.07, 6.45) is 1.91. The summed E-state index contributed by atoms with van der Waals surface area (Å²) in [5.41, 5.74) is 0. The SMILES string of the molecule is CC(=O)N1CCC[C@@H](C(=O)C(C)C)C1. The molecular formula is C11H19NO2. The third-order valence-electron chi connectivity index (χ3n) is 2.84. The number of hydrogen-bond acceptors (Lipinski definition) is 2. The van der Waals surface area contributed by atoms with Crippen LogP contribution in [0.5, 0.6) is 0 Å². The predicted molar refractivity (Wildman–Crippen MR) is 54.8 cm³/mol. The van der Waals surface area contributed by atoms with Crippen LogP contribution in [0.25, 0.3) is 0 Å². The molecule has 80 valence electrons. The molecular weight excluding hydrogens is 178 g/mol. The van der Waals surface area contributed by atoms with Crippen molar-refractivity contribution in [3.63, 3.8) is 0 Å². The van der Waals surface area contributed by atoms with E-state index in [0.29, 0.717) is 12.3 Å². The fourth-order valence-corrected chi connectivity index (χ4v) is 1.97. The minimum Gasteiger partial charge on any atom is -0.342 e. The fraction of sp³-hybridized carbons (Fsp3) is 0.818. The van der Waals surface area contributed by atoms with E-state index in [2.05, 4.69) is 0 Å². The summed E-state index contributed by atoms with van der Waals surface area (Å²) in [5.74, 6) is 0.557. The van der Waals surface area contributed by atoms with Gasteiger partial charge in [-0.05, 0) is 12.8 Å².